The fraction of sp³-hybridized carbons (Fsp3) is 0.0769. The molecule has 90 valence electrons. The highest BCUT2D eigenvalue weighted by molar-refractivity contribution is 5.94. The number of ether oxygens (including phenoxy) is 1. The molecule has 1 amide bonds. The number of aromatic amines is 1. The molecule has 0 saturated heterocycles. The van der Waals surface area contributed by atoms with Crippen LogP contribution < -0.4 is 16.0 Å². The zero-order valence-corrected chi connectivity index (χ0v) is 9.40. The summed E-state index contributed by atoms with van der Waals surface area (Å²) >= 11 is 0. The van der Waals surface area contributed by atoms with Crippen molar-refractivity contribution in [2.24, 2.45) is 5.73 Å². The molecule has 2 aromatic rings. The topological polar surface area (TPSA) is 85.2 Å². The number of aromatic nitrogens is 1. The van der Waals surface area contributed by atoms with Crippen LogP contribution in [0.25, 0.3) is 11.1 Å². The maximum absolute atomic E-state index is 11.6. The number of carbonyl (C=O) groups excluding carboxylic acids is 1. The van der Waals surface area contributed by atoms with E-state index in [0.717, 1.165) is 11.1 Å². The summed E-state index contributed by atoms with van der Waals surface area (Å²) in [5.41, 5.74) is 7.21. The van der Waals surface area contributed by atoms with Crippen LogP contribution in [0.15, 0.2) is 35.1 Å². The van der Waals surface area contributed by atoms with Crippen LogP contribution in [0.3, 0.4) is 0 Å². The number of H-pyrrole nitrogens is 1. The minimum absolute atomic E-state index is 0.0611. The van der Waals surface area contributed by atoms with Gasteiger partial charge in [-0.1, -0.05) is 24.3 Å². The molecular weight excluding hydrogens is 232 g/mol. The van der Waals surface area contributed by atoms with Crippen LogP contribution in [0.2, 0.25) is 0 Å². The first kappa shape index (κ1) is 10.6. The van der Waals surface area contributed by atoms with Crippen LogP contribution in [0.4, 0.5) is 0 Å². The van der Waals surface area contributed by atoms with E-state index < -0.39 is 11.5 Å². The molecule has 3 N–H and O–H groups in total. The van der Waals surface area contributed by atoms with Gasteiger partial charge in [-0.3, -0.25) is 14.6 Å². The lowest BCUT2D eigenvalue weighted by Crippen LogP contribution is -2.25. The van der Waals surface area contributed by atoms with Crippen molar-refractivity contribution in [1.82, 2.24) is 4.98 Å². The average molecular weight is 242 g/mol. The van der Waals surface area contributed by atoms with E-state index in [1.807, 2.05) is 24.3 Å². The fourth-order valence-electron chi connectivity index (χ4n) is 2.07. The minimum Gasteiger partial charge on any atom is -0.474 e. The maximum atomic E-state index is 11.6. The number of nitrogens with one attached hydrogen (secondary N) is 1. The standard InChI is InChI=1S/C13H10N2O3/c14-11(16)10-5-9-8-4-2-1-3-7(8)6-18-13(9)15-12(10)17/h1-5H,6H2,(H2,14,16)(H,15,17). The number of pyridine rings is 1. The van der Waals surface area contributed by atoms with Gasteiger partial charge in [0.1, 0.15) is 12.2 Å². The summed E-state index contributed by atoms with van der Waals surface area (Å²) < 4.78 is 5.46. The molecule has 1 aromatic carbocycles. The molecule has 5 nitrogen and oxygen atoms in total. The zero-order chi connectivity index (χ0) is 12.7. The first-order valence-electron chi connectivity index (χ1n) is 5.45. The van der Waals surface area contributed by atoms with Gasteiger partial charge in [0.25, 0.3) is 11.5 Å². The molecule has 1 aromatic heterocycles. The van der Waals surface area contributed by atoms with Crippen molar-refractivity contribution < 1.29 is 9.53 Å². The minimum atomic E-state index is -0.748. The van der Waals surface area contributed by atoms with Crippen molar-refractivity contribution in [2.45, 2.75) is 6.61 Å². The van der Waals surface area contributed by atoms with E-state index in [1.54, 1.807) is 0 Å². The lowest BCUT2D eigenvalue weighted by molar-refractivity contribution is 0.0998. The number of amides is 1. The highest BCUT2D eigenvalue weighted by Gasteiger charge is 2.20. The van der Waals surface area contributed by atoms with E-state index in [0.29, 0.717) is 18.1 Å². The lowest BCUT2D eigenvalue weighted by Gasteiger charge is -2.20. The number of carbonyl (C=O) groups is 1. The van der Waals surface area contributed by atoms with Gasteiger partial charge < -0.3 is 10.5 Å². The summed E-state index contributed by atoms with van der Waals surface area (Å²) in [4.78, 5) is 25.3. The summed E-state index contributed by atoms with van der Waals surface area (Å²) in [6.45, 7) is 0.398. The van der Waals surface area contributed by atoms with Crippen molar-refractivity contribution in [1.29, 1.82) is 0 Å². The second kappa shape index (κ2) is 3.73. The lowest BCUT2D eigenvalue weighted by atomic mass is 9.98. The van der Waals surface area contributed by atoms with E-state index in [1.165, 1.54) is 6.07 Å². The molecule has 0 atom stereocenters. The fourth-order valence-corrected chi connectivity index (χ4v) is 2.07. The third-order valence-corrected chi connectivity index (χ3v) is 2.95. The van der Waals surface area contributed by atoms with Gasteiger partial charge in [0.15, 0.2) is 0 Å². The van der Waals surface area contributed by atoms with Crippen molar-refractivity contribution in [2.75, 3.05) is 0 Å². The Hall–Kier alpha value is -2.56. The van der Waals surface area contributed by atoms with E-state index >= 15 is 0 Å². The van der Waals surface area contributed by atoms with E-state index in [-0.39, 0.29) is 5.56 Å². The van der Waals surface area contributed by atoms with Gasteiger partial charge in [0.05, 0.1) is 0 Å². The summed E-state index contributed by atoms with van der Waals surface area (Å²) in [5, 5.41) is 0. The van der Waals surface area contributed by atoms with Gasteiger partial charge in [-0.15, -0.1) is 0 Å². The van der Waals surface area contributed by atoms with Gasteiger partial charge in [-0.25, -0.2) is 0 Å². The van der Waals surface area contributed by atoms with E-state index in [2.05, 4.69) is 4.98 Å². The third kappa shape index (κ3) is 1.48. The molecule has 5 heteroatoms. The van der Waals surface area contributed by atoms with Crippen LogP contribution in [0.1, 0.15) is 15.9 Å². The second-order valence-corrected chi connectivity index (χ2v) is 4.07. The van der Waals surface area contributed by atoms with Gasteiger partial charge in [-0.2, -0.15) is 0 Å². The molecule has 0 aliphatic carbocycles. The Bertz CT molecular complexity index is 704. The number of primary amides is 1. The quantitative estimate of drug-likeness (QED) is 0.783. The van der Waals surface area contributed by atoms with Crippen LogP contribution in [0.5, 0.6) is 5.88 Å². The van der Waals surface area contributed by atoms with Crippen LogP contribution in [0, 0.1) is 0 Å². The Morgan fingerprint density at radius 2 is 2.06 bits per heavy atom. The second-order valence-electron chi connectivity index (χ2n) is 4.07. The molecule has 0 unspecified atom stereocenters. The smallest absolute Gasteiger partial charge is 0.263 e. The van der Waals surface area contributed by atoms with Crippen LogP contribution >= 0.6 is 0 Å². The summed E-state index contributed by atoms with van der Waals surface area (Å²) in [6, 6.07) is 9.14. The Labute approximate surface area is 102 Å². The number of nitrogens with two attached hydrogens (primary N) is 1. The Morgan fingerprint density at radius 1 is 1.28 bits per heavy atom. The molecule has 1 aliphatic rings. The maximum Gasteiger partial charge on any atom is 0.263 e. The van der Waals surface area contributed by atoms with E-state index in [4.69, 9.17) is 10.5 Å². The molecule has 2 heterocycles. The van der Waals surface area contributed by atoms with Gasteiger partial charge in [0.2, 0.25) is 5.88 Å². The molecule has 0 radical (unpaired) electrons. The monoisotopic (exact) mass is 242 g/mol. The predicted molar refractivity (Wildman–Crippen MR) is 65.3 cm³/mol. The molecule has 3 rings (SSSR count). The molecule has 1 aliphatic heterocycles. The highest BCUT2D eigenvalue weighted by Crippen LogP contribution is 2.35. The van der Waals surface area contributed by atoms with Gasteiger partial charge in [0, 0.05) is 5.56 Å². The van der Waals surface area contributed by atoms with E-state index in [9.17, 15) is 9.59 Å². The Kier molecular flexibility index (Phi) is 2.19. The Morgan fingerprint density at radius 3 is 2.83 bits per heavy atom. The third-order valence-electron chi connectivity index (χ3n) is 2.95. The molecule has 0 saturated carbocycles. The first-order chi connectivity index (χ1) is 8.66. The van der Waals surface area contributed by atoms with Crippen molar-refractivity contribution in [3.63, 3.8) is 0 Å². The molecule has 0 spiro atoms. The predicted octanol–water partition coefficient (Wildman–Crippen LogP) is 1.03. The summed E-state index contributed by atoms with van der Waals surface area (Å²) in [7, 11) is 0. The zero-order valence-electron chi connectivity index (χ0n) is 9.40. The molecular formula is C13H10N2O3. The molecule has 18 heavy (non-hydrogen) atoms. The molecule has 0 fully saturated rings. The van der Waals surface area contributed by atoms with Gasteiger partial charge >= 0.3 is 0 Å². The number of hydrogen-bond donors (Lipinski definition) is 2. The Balaban J connectivity index is 2.30. The largest absolute Gasteiger partial charge is 0.474 e. The average Bonchev–Trinajstić information content (AvgIpc) is 2.37. The molecule has 0 bridgehead atoms. The number of fused-ring (bicyclic) bond motifs is 3. The SMILES string of the molecule is NC(=O)c1cc2c([nH]c1=O)OCc1ccccc1-2. The van der Waals surface area contributed by atoms with Crippen LogP contribution in [-0.4, -0.2) is 10.9 Å². The normalized spacial score (nSPS) is 12.2. The number of hydrogen-bond acceptors (Lipinski definition) is 3. The highest BCUT2D eigenvalue weighted by atomic mass is 16.5. The van der Waals surface area contributed by atoms with Crippen molar-refractivity contribution in [3.8, 4) is 17.0 Å². The van der Waals surface area contributed by atoms with Crippen molar-refractivity contribution in [3.05, 3.63) is 51.8 Å². The number of benzene rings is 1. The first-order valence-corrected chi connectivity index (χ1v) is 5.45. The van der Waals surface area contributed by atoms with Gasteiger partial charge in [-0.05, 0) is 17.2 Å². The summed E-state index contributed by atoms with van der Waals surface area (Å²) in [5.74, 6) is -0.370. The van der Waals surface area contributed by atoms with Crippen LogP contribution in [-0.2, 0) is 6.61 Å². The number of rotatable bonds is 1. The van der Waals surface area contributed by atoms with Crippen molar-refractivity contribution >= 4 is 5.91 Å². The summed E-state index contributed by atoms with van der Waals surface area (Å²) in [6.07, 6.45) is 0.